The fourth-order valence-electron chi connectivity index (χ4n) is 2.65. The number of anilines is 2. The molecule has 4 nitrogen and oxygen atoms in total. The zero-order valence-corrected chi connectivity index (χ0v) is 15.2. The summed E-state index contributed by atoms with van der Waals surface area (Å²) in [6, 6.07) is 24.6. The number of para-hydroxylation sites is 2. The van der Waals surface area contributed by atoms with Crippen LogP contribution in [0.4, 0.5) is 11.4 Å². The highest BCUT2D eigenvalue weighted by atomic mass is 32.2. The van der Waals surface area contributed by atoms with Gasteiger partial charge in [0.25, 0.3) is 0 Å². The Morgan fingerprint density at radius 1 is 0.769 bits per heavy atom. The monoisotopic (exact) mass is 365 g/mol. The number of hydrogen-bond donors (Lipinski definition) is 0. The van der Waals surface area contributed by atoms with Gasteiger partial charge in [0.2, 0.25) is 5.91 Å². The number of hydrogen-bond acceptors (Lipinski definition) is 3. The van der Waals surface area contributed by atoms with Crippen LogP contribution in [0.2, 0.25) is 0 Å². The minimum absolute atomic E-state index is 0.150. The third-order valence-electron chi connectivity index (χ3n) is 3.97. The topological polar surface area (TPSA) is 54.5 Å². The van der Waals surface area contributed by atoms with Crippen LogP contribution < -0.4 is 4.90 Å². The fraction of sp³-hybridized carbons (Fsp3) is 0.0952. The van der Waals surface area contributed by atoms with E-state index in [-0.39, 0.29) is 4.90 Å². The fourth-order valence-corrected chi connectivity index (χ4v) is 3.82. The first-order valence-electron chi connectivity index (χ1n) is 8.20. The average molecular weight is 365 g/mol. The molecule has 0 unspecified atom stereocenters. The predicted octanol–water partition coefficient (Wildman–Crippen LogP) is 4.13. The summed E-state index contributed by atoms with van der Waals surface area (Å²) in [5.41, 5.74) is 2.22. The lowest BCUT2D eigenvalue weighted by Crippen LogP contribution is -2.32. The van der Waals surface area contributed by atoms with Crippen molar-refractivity contribution in [3.05, 3.63) is 90.5 Å². The second-order valence-corrected chi connectivity index (χ2v) is 7.96. The van der Waals surface area contributed by atoms with Gasteiger partial charge < -0.3 is 0 Å². The van der Waals surface area contributed by atoms with Gasteiger partial charge in [0, 0.05) is 11.4 Å². The van der Waals surface area contributed by atoms with Gasteiger partial charge in [-0.15, -0.1) is 0 Å². The van der Waals surface area contributed by atoms with Crippen LogP contribution in [-0.2, 0) is 14.6 Å². The lowest BCUT2D eigenvalue weighted by molar-refractivity contribution is -0.115. The summed E-state index contributed by atoms with van der Waals surface area (Å²) in [7, 11) is -3.73. The van der Waals surface area contributed by atoms with Crippen LogP contribution in [-0.4, -0.2) is 20.1 Å². The van der Waals surface area contributed by atoms with E-state index in [1.54, 1.807) is 36.4 Å². The van der Waals surface area contributed by atoms with Crippen molar-refractivity contribution in [2.24, 2.45) is 0 Å². The minimum Gasteiger partial charge on any atom is -0.280 e. The van der Waals surface area contributed by atoms with Crippen molar-refractivity contribution in [2.45, 2.75) is 11.8 Å². The predicted molar refractivity (Wildman–Crippen MR) is 103 cm³/mol. The quantitative estimate of drug-likeness (QED) is 0.683. The van der Waals surface area contributed by atoms with Gasteiger partial charge in [0.05, 0.1) is 4.90 Å². The highest BCUT2D eigenvalue weighted by Gasteiger charge is 2.25. The Bertz CT molecular complexity index is 943. The molecule has 0 saturated heterocycles. The van der Waals surface area contributed by atoms with Gasteiger partial charge in [-0.2, -0.15) is 0 Å². The standard InChI is InChI=1S/C21H19NO3S/c1-17-12-14-20(15-13-17)26(24,25)16-21(23)22(18-8-4-2-5-9-18)19-10-6-3-7-11-19/h2-15H,16H2,1H3. The summed E-state index contributed by atoms with van der Waals surface area (Å²) in [6.07, 6.45) is 0. The smallest absolute Gasteiger partial charge is 0.247 e. The van der Waals surface area contributed by atoms with E-state index in [2.05, 4.69) is 0 Å². The highest BCUT2D eigenvalue weighted by molar-refractivity contribution is 7.92. The van der Waals surface area contributed by atoms with Gasteiger partial charge in [0.15, 0.2) is 9.84 Å². The molecule has 0 bridgehead atoms. The molecule has 0 atom stereocenters. The normalized spacial score (nSPS) is 11.1. The SMILES string of the molecule is Cc1ccc(S(=O)(=O)CC(=O)N(c2ccccc2)c2ccccc2)cc1. The first-order valence-corrected chi connectivity index (χ1v) is 9.85. The van der Waals surface area contributed by atoms with Gasteiger partial charge in [0.1, 0.15) is 5.75 Å². The molecule has 26 heavy (non-hydrogen) atoms. The second-order valence-electron chi connectivity index (χ2n) is 5.97. The number of benzene rings is 3. The van der Waals surface area contributed by atoms with Crippen LogP contribution >= 0.6 is 0 Å². The molecule has 3 aromatic rings. The van der Waals surface area contributed by atoms with E-state index in [9.17, 15) is 13.2 Å². The molecule has 0 N–H and O–H groups in total. The lowest BCUT2D eigenvalue weighted by Gasteiger charge is -2.23. The first kappa shape index (κ1) is 17.9. The Labute approximate surface area is 153 Å². The molecule has 0 aliphatic carbocycles. The van der Waals surface area contributed by atoms with Gasteiger partial charge in [-0.25, -0.2) is 8.42 Å². The van der Waals surface area contributed by atoms with E-state index in [4.69, 9.17) is 0 Å². The molecule has 0 radical (unpaired) electrons. The van der Waals surface area contributed by atoms with E-state index in [0.717, 1.165) is 5.56 Å². The molecule has 3 aromatic carbocycles. The van der Waals surface area contributed by atoms with Crippen LogP contribution in [0.1, 0.15) is 5.56 Å². The maximum absolute atomic E-state index is 12.9. The number of sulfone groups is 1. The van der Waals surface area contributed by atoms with Crippen molar-refractivity contribution in [3.63, 3.8) is 0 Å². The zero-order chi connectivity index (χ0) is 18.6. The van der Waals surface area contributed by atoms with Crippen LogP contribution in [0.15, 0.2) is 89.8 Å². The third kappa shape index (κ3) is 4.00. The summed E-state index contributed by atoms with van der Waals surface area (Å²) in [4.78, 5) is 14.5. The molecule has 3 rings (SSSR count). The lowest BCUT2D eigenvalue weighted by atomic mass is 10.2. The second kappa shape index (κ2) is 7.54. The van der Waals surface area contributed by atoms with Crippen LogP contribution in [0.3, 0.4) is 0 Å². The third-order valence-corrected chi connectivity index (χ3v) is 5.59. The number of carbonyl (C=O) groups excluding carboxylic acids is 1. The summed E-state index contributed by atoms with van der Waals surface area (Å²) in [5.74, 6) is -1.09. The van der Waals surface area contributed by atoms with Gasteiger partial charge in [-0.1, -0.05) is 54.1 Å². The molecule has 0 fully saturated rings. The minimum atomic E-state index is -3.73. The zero-order valence-electron chi connectivity index (χ0n) is 14.4. The molecule has 0 heterocycles. The Morgan fingerprint density at radius 3 is 1.69 bits per heavy atom. The van der Waals surface area contributed by atoms with E-state index < -0.39 is 21.5 Å². The Balaban J connectivity index is 1.95. The number of carbonyl (C=O) groups is 1. The molecule has 1 amide bonds. The van der Waals surface area contributed by atoms with Crippen molar-refractivity contribution in [1.29, 1.82) is 0 Å². The summed E-state index contributed by atoms with van der Waals surface area (Å²) < 4.78 is 25.3. The molecule has 0 spiro atoms. The molecule has 5 heteroatoms. The van der Waals surface area contributed by atoms with Crippen molar-refractivity contribution in [2.75, 3.05) is 10.7 Å². The summed E-state index contributed by atoms with van der Waals surface area (Å²) in [5, 5.41) is 0. The number of amides is 1. The number of nitrogens with zero attached hydrogens (tertiary/aromatic N) is 1. The largest absolute Gasteiger partial charge is 0.280 e. The van der Waals surface area contributed by atoms with Crippen molar-refractivity contribution in [1.82, 2.24) is 0 Å². The van der Waals surface area contributed by atoms with E-state index in [1.165, 1.54) is 17.0 Å². The maximum atomic E-state index is 12.9. The van der Waals surface area contributed by atoms with Crippen molar-refractivity contribution < 1.29 is 13.2 Å². The molecule has 0 aliphatic heterocycles. The summed E-state index contributed by atoms with van der Waals surface area (Å²) in [6.45, 7) is 1.88. The molecule has 0 aliphatic rings. The van der Waals surface area contributed by atoms with Crippen LogP contribution in [0.5, 0.6) is 0 Å². The number of aryl methyl sites for hydroxylation is 1. The first-order chi connectivity index (χ1) is 12.5. The van der Waals surface area contributed by atoms with E-state index >= 15 is 0 Å². The highest BCUT2D eigenvalue weighted by Crippen LogP contribution is 2.26. The van der Waals surface area contributed by atoms with Gasteiger partial charge >= 0.3 is 0 Å². The summed E-state index contributed by atoms with van der Waals surface area (Å²) >= 11 is 0. The Morgan fingerprint density at radius 2 is 1.23 bits per heavy atom. The molecule has 0 aromatic heterocycles. The molecular formula is C21H19NO3S. The average Bonchev–Trinajstić information content (AvgIpc) is 2.63. The molecule has 0 saturated carbocycles. The Kier molecular flexibility index (Phi) is 5.19. The van der Waals surface area contributed by atoms with Crippen molar-refractivity contribution in [3.8, 4) is 0 Å². The molecule has 132 valence electrons. The van der Waals surface area contributed by atoms with E-state index in [0.29, 0.717) is 11.4 Å². The Hall–Kier alpha value is -2.92. The number of rotatable bonds is 5. The van der Waals surface area contributed by atoms with Gasteiger partial charge in [-0.3, -0.25) is 9.69 Å². The van der Waals surface area contributed by atoms with Crippen LogP contribution in [0.25, 0.3) is 0 Å². The van der Waals surface area contributed by atoms with Crippen LogP contribution in [0, 0.1) is 6.92 Å². The molecular weight excluding hydrogens is 346 g/mol. The van der Waals surface area contributed by atoms with Gasteiger partial charge in [-0.05, 0) is 43.3 Å². The van der Waals surface area contributed by atoms with E-state index in [1.807, 2.05) is 43.3 Å². The van der Waals surface area contributed by atoms with Crippen molar-refractivity contribution >= 4 is 27.1 Å². The maximum Gasteiger partial charge on any atom is 0.247 e.